The van der Waals surface area contributed by atoms with Gasteiger partial charge in [0.15, 0.2) is 17.0 Å². The van der Waals surface area contributed by atoms with Crippen LogP contribution in [0.3, 0.4) is 0 Å². The molecule has 2 aromatic heterocycles. The molecule has 1 aromatic carbocycles. The van der Waals surface area contributed by atoms with Crippen molar-refractivity contribution in [2.45, 2.75) is 25.2 Å². The van der Waals surface area contributed by atoms with Gasteiger partial charge >= 0.3 is 0 Å². The zero-order valence-electron chi connectivity index (χ0n) is 18.2. The second kappa shape index (κ2) is 12.0. The van der Waals surface area contributed by atoms with Gasteiger partial charge in [0.2, 0.25) is 5.82 Å². The van der Waals surface area contributed by atoms with E-state index in [9.17, 15) is 27.2 Å². The van der Waals surface area contributed by atoms with Gasteiger partial charge in [0, 0.05) is 18.0 Å². The van der Waals surface area contributed by atoms with Crippen molar-refractivity contribution in [3.8, 4) is 5.75 Å². The molecule has 3 aromatic rings. The average Bonchev–Trinajstić information content (AvgIpc) is 3.31. The molecule has 10 heteroatoms. The number of alkyl halides is 2. The van der Waals surface area contributed by atoms with Gasteiger partial charge in [-0.2, -0.15) is 4.39 Å². The van der Waals surface area contributed by atoms with E-state index in [4.69, 9.17) is 5.73 Å². The van der Waals surface area contributed by atoms with Crippen LogP contribution in [-0.4, -0.2) is 36.8 Å². The van der Waals surface area contributed by atoms with Crippen molar-refractivity contribution in [1.82, 2.24) is 9.97 Å². The fourth-order valence-corrected chi connectivity index (χ4v) is 3.77. The molecule has 0 spiro atoms. The average molecular weight is 467 g/mol. The summed E-state index contributed by atoms with van der Waals surface area (Å²) in [5, 5.41) is 0.216. The summed E-state index contributed by atoms with van der Waals surface area (Å²) in [7, 11) is 1.79. The van der Waals surface area contributed by atoms with Crippen LogP contribution in [0.5, 0.6) is 5.75 Å². The number of aromatic nitrogens is 2. The molecule has 1 aliphatic rings. The van der Waals surface area contributed by atoms with E-state index in [1.54, 1.807) is 6.07 Å². The normalized spacial score (nSPS) is 16.9. The number of carbonyl (C=O) groups excluding carboxylic acids is 1. The number of nitrogens with two attached hydrogens (primary N) is 1. The highest BCUT2D eigenvalue weighted by atomic mass is 19.2. The zero-order valence-corrected chi connectivity index (χ0v) is 18.2. The number of methoxy groups -OCH3 is 1. The number of fused-ring (bicyclic) bond motifs is 1. The lowest BCUT2D eigenvalue weighted by Gasteiger charge is -2.12. The van der Waals surface area contributed by atoms with Gasteiger partial charge in [-0.05, 0) is 49.3 Å². The maximum absolute atomic E-state index is 12.7. The van der Waals surface area contributed by atoms with Gasteiger partial charge < -0.3 is 15.5 Å². The summed E-state index contributed by atoms with van der Waals surface area (Å²) < 4.78 is 51.6. The molecule has 3 N–H and O–H groups in total. The molecule has 0 radical (unpaired) electrons. The number of nitrogens with one attached hydrogen (secondary N) is 1. The number of ether oxygens (including phenoxy) is 1. The fraction of sp³-hybridized carbons (Fsp3) is 0.348. The molecule has 1 aliphatic carbocycles. The number of halogens is 4. The SMILES string of the molecule is CF.COc1cccc(F)c1F.NC(=O)c1nccc2[nH]c(C3CCC(CF)C3)cc(=O)c12. The van der Waals surface area contributed by atoms with Crippen LogP contribution in [0.4, 0.5) is 17.6 Å². The Balaban J connectivity index is 0.000000270. The number of primary amides is 1. The van der Waals surface area contributed by atoms with Crippen molar-refractivity contribution in [3.05, 3.63) is 69.8 Å². The quantitative estimate of drug-likeness (QED) is 0.555. The van der Waals surface area contributed by atoms with Crippen molar-refractivity contribution >= 4 is 16.8 Å². The maximum atomic E-state index is 12.7. The first kappa shape index (κ1) is 25.8. The van der Waals surface area contributed by atoms with Crippen LogP contribution in [0.15, 0.2) is 41.3 Å². The molecule has 4 rings (SSSR count). The van der Waals surface area contributed by atoms with Crippen molar-refractivity contribution in [2.75, 3.05) is 21.0 Å². The Hall–Kier alpha value is -3.43. The molecule has 1 amide bonds. The molecule has 1 fully saturated rings. The second-order valence-electron chi connectivity index (χ2n) is 7.32. The molecular formula is C23H25F4N3O3. The summed E-state index contributed by atoms with van der Waals surface area (Å²) >= 11 is 0. The lowest BCUT2D eigenvalue weighted by atomic mass is 10.00. The molecule has 33 heavy (non-hydrogen) atoms. The topological polar surface area (TPSA) is 98.1 Å². The Morgan fingerprint density at radius 2 is 1.97 bits per heavy atom. The minimum absolute atomic E-state index is 0.0200. The first-order chi connectivity index (χ1) is 15.8. The number of nitrogens with zero attached hydrogens (tertiary/aromatic N) is 1. The van der Waals surface area contributed by atoms with Crippen LogP contribution in [0.2, 0.25) is 0 Å². The Kier molecular flexibility index (Phi) is 9.38. The van der Waals surface area contributed by atoms with E-state index in [2.05, 4.69) is 14.7 Å². The summed E-state index contributed by atoms with van der Waals surface area (Å²) in [5.41, 5.74) is 6.30. The summed E-state index contributed by atoms with van der Waals surface area (Å²) in [6, 6.07) is 6.92. The molecule has 0 aliphatic heterocycles. The maximum Gasteiger partial charge on any atom is 0.268 e. The summed E-state index contributed by atoms with van der Waals surface area (Å²) in [5.74, 6) is -2.39. The molecule has 6 nitrogen and oxygen atoms in total. The Morgan fingerprint density at radius 1 is 1.24 bits per heavy atom. The highest BCUT2D eigenvalue weighted by Crippen LogP contribution is 2.37. The van der Waals surface area contributed by atoms with E-state index >= 15 is 0 Å². The lowest BCUT2D eigenvalue weighted by molar-refractivity contribution is 0.0997. The van der Waals surface area contributed by atoms with Gasteiger partial charge in [0.05, 0.1) is 31.9 Å². The van der Waals surface area contributed by atoms with E-state index < -0.39 is 17.5 Å². The second-order valence-corrected chi connectivity index (χ2v) is 7.32. The largest absolute Gasteiger partial charge is 0.494 e. The van der Waals surface area contributed by atoms with Crippen LogP contribution >= 0.6 is 0 Å². The smallest absolute Gasteiger partial charge is 0.268 e. The molecular weight excluding hydrogens is 442 g/mol. The van der Waals surface area contributed by atoms with E-state index in [-0.39, 0.29) is 40.8 Å². The molecule has 0 bridgehead atoms. The van der Waals surface area contributed by atoms with Crippen LogP contribution in [0, 0.1) is 17.6 Å². The van der Waals surface area contributed by atoms with Gasteiger partial charge in [-0.1, -0.05) is 6.07 Å². The number of amides is 1. The van der Waals surface area contributed by atoms with Gasteiger partial charge in [0.1, 0.15) is 5.69 Å². The lowest BCUT2D eigenvalue weighted by Crippen LogP contribution is -2.18. The number of H-pyrrole nitrogens is 1. The number of rotatable bonds is 4. The van der Waals surface area contributed by atoms with E-state index in [1.807, 2.05) is 0 Å². The zero-order chi connectivity index (χ0) is 24.5. The van der Waals surface area contributed by atoms with E-state index in [1.165, 1.54) is 31.5 Å². The Bertz CT molecular complexity index is 1150. The molecule has 2 atom stereocenters. The van der Waals surface area contributed by atoms with E-state index in [0.717, 1.165) is 31.0 Å². The van der Waals surface area contributed by atoms with Gasteiger partial charge in [0.25, 0.3) is 5.91 Å². The Labute approximate surface area is 187 Å². The standard InChI is InChI=1S/C15H16FN3O2.C7H6F2O.CH3F/c16-7-8-1-2-9(5-8)11-6-12(20)13-10(19-11)3-4-18-14(13)15(17)21;1-10-6-4-2-3-5(8)7(6)9;1-2/h3-4,6,8-9H,1-2,5,7H2,(H2,17,21)(H,19,20);2-4H,1H3;1H3. The third-order valence-corrected chi connectivity index (χ3v) is 5.33. The highest BCUT2D eigenvalue weighted by molar-refractivity contribution is 6.03. The third kappa shape index (κ3) is 6.09. The molecule has 2 heterocycles. The number of benzene rings is 1. The van der Waals surface area contributed by atoms with Crippen LogP contribution in [0.1, 0.15) is 41.4 Å². The van der Waals surface area contributed by atoms with Crippen molar-refractivity contribution in [1.29, 1.82) is 0 Å². The minimum atomic E-state index is -0.940. The summed E-state index contributed by atoms with van der Waals surface area (Å²) in [6.07, 6.45) is 3.89. The fourth-order valence-electron chi connectivity index (χ4n) is 3.77. The number of carbonyl (C=O) groups is 1. The van der Waals surface area contributed by atoms with Crippen molar-refractivity contribution < 1.29 is 27.1 Å². The minimum Gasteiger partial charge on any atom is -0.494 e. The molecule has 0 saturated heterocycles. The molecule has 2 unspecified atom stereocenters. The Morgan fingerprint density at radius 3 is 2.55 bits per heavy atom. The third-order valence-electron chi connectivity index (χ3n) is 5.33. The monoisotopic (exact) mass is 467 g/mol. The van der Waals surface area contributed by atoms with Gasteiger partial charge in [-0.15, -0.1) is 0 Å². The van der Waals surface area contributed by atoms with Gasteiger partial charge in [-0.25, -0.2) is 4.39 Å². The van der Waals surface area contributed by atoms with E-state index in [0.29, 0.717) is 12.7 Å². The van der Waals surface area contributed by atoms with Crippen molar-refractivity contribution in [3.63, 3.8) is 0 Å². The first-order valence-electron chi connectivity index (χ1n) is 10.1. The predicted octanol–water partition coefficient (Wildman–Crippen LogP) is 4.43. The summed E-state index contributed by atoms with van der Waals surface area (Å²) in [6.45, 7) is -0.315. The molecule has 1 saturated carbocycles. The predicted molar refractivity (Wildman–Crippen MR) is 117 cm³/mol. The highest BCUT2D eigenvalue weighted by Gasteiger charge is 2.27. The van der Waals surface area contributed by atoms with Crippen LogP contribution in [0.25, 0.3) is 10.9 Å². The number of hydrogen-bond donors (Lipinski definition) is 2. The molecule has 178 valence electrons. The number of pyridine rings is 2. The summed E-state index contributed by atoms with van der Waals surface area (Å²) in [4.78, 5) is 30.7. The first-order valence-corrected chi connectivity index (χ1v) is 10.1. The van der Waals surface area contributed by atoms with Crippen LogP contribution < -0.4 is 15.9 Å². The number of hydrogen-bond acceptors (Lipinski definition) is 4. The van der Waals surface area contributed by atoms with Crippen LogP contribution in [-0.2, 0) is 0 Å². The number of aromatic amines is 1. The van der Waals surface area contributed by atoms with Gasteiger partial charge in [-0.3, -0.25) is 23.4 Å². The van der Waals surface area contributed by atoms with Crippen molar-refractivity contribution in [2.24, 2.45) is 11.7 Å².